The molecule has 0 saturated carbocycles. The molecule has 0 bridgehead atoms. The SMILES string of the molecule is CN(C[C@H]1CCCCN1C(=O)/C(C#N)=C/C(C)(C)N1CCC(F)(F)C1)C(=O)N[C@@H](Cc1ccccc1)B(O)O. The molecule has 2 aliphatic rings. The van der Waals surface area contributed by atoms with Crippen LogP contribution in [0.1, 0.15) is 45.1 Å². The standard InChI is InChI=1S/C27H38BF2N5O4/c1-26(2,34-14-12-27(29,30)19-34)16-21(17-31)24(36)35-13-8-7-11-22(35)18-33(3)25(37)32-23(28(38)39)15-20-9-5-4-6-10-20/h4-6,9-10,16,22-23,38-39H,7-8,11-15,18-19H2,1-3H3,(H,32,37)/b21-16+/t22-,23+/m1/s1. The number of rotatable bonds is 9. The van der Waals surface area contributed by atoms with E-state index in [1.807, 2.05) is 36.4 Å². The maximum absolute atomic E-state index is 13.8. The molecule has 1 aromatic rings. The normalized spacial score (nSPS) is 20.7. The van der Waals surface area contributed by atoms with Crippen molar-refractivity contribution in [3.63, 3.8) is 0 Å². The number of benzene rings is 1. The van der Waals surface area contributed by atoms with Gasteiger partial charge in [0.25, 0.3) is 11.8 Å². The number of piperidine rings is 1. The zero-order chi connectivity index (χ0) is 28.8. The van der Waals surface area contributed by atoms with E-state index in [2.05, 4.69) is 5.32 Å². The van der Waals surface area contributed by atoms with Crippen LogP contribution < -0.4 is 5.32 Å². The number of likely N-dealkylation sites (N-methyl/N-ethyl adjacent to an activating group) is 1. The Kier molecular flexibility index (Phi) is 10.1. The van der Waals surface area contributed by atoms with E-state index in [1.54, 1.807) is 30.7 Å². The summed E-state index contributed by atoms with van der Waals surface area (Å²) in [4.78, 5) is 30.9. The van der Waals surface area contributed by atoms with E-state index in [0.717, 1.165) is 18.4 Å². The fraction of sp³-hybridized carbons (Fsp3) is 0.593. The number of hydrogen-bond donors (Lipinski definition) is 3. The molecule has 0 aromatic heterocycles. The minimum Gasteiger partial charge on any atom is -0.426 e. The number of hydrogen-bond acceptors (Lipinski definition) is 6. The zero-order valence-electron chi connectivity index (χ0n) is 22.8. The average molecular weight is 545 g/mol. The Morgan fingerprint density at radius 1 is 1.28 bits per heavy atom. The summed E-state index contributed by atoms with van der Waals surface area (Å²) >= 11 is 0. The first-order valence-electron chi connectivity index (χ1n) is 13.3. The molecule has 1 aromatic carbocycles. The van der Waals surface area contributed by atoms with Crippen molar-refractivity contribution >= 4 is 19.1 Å². The third-order valence-corrected chi connectivity index (χ3v) is 7.52. The number of nitrogens with one attached hydrogen (secondary N) is 1. The lowest BCUT2D eigenvalue weighted by Gasteiger charge is -2.38. The van der Waals surface area contributed by atoms with Gasteiger partial charge in [-0.25, -0.2) is 13.6 Å². The molecule has 0 unspecified atom stereocenters. The quantitative estimate of drug-likeness (QED) is 0.249. The number of alkyl halides is 2. The average Bonchev–Trinajstić information content (AvgIpc) is 3.27. The van der Waals surface area contributed by atoms with E-state index in [4.69, 9.17) is 0 Å². The van der Waals surface area contributed by atoms with E-state index in [0.29, 0.717) is 13.0 Å². The lowest BCUT2D eigenvalue weighted by atomic mass is 9.76. The van der Waals surface area contributed by atoms with Gasteiger partial charge < -0.3 is 25.2 Å². The summed E-state index contributed by atoms with van der Waals surface area (Å²) < 4.78 is 27.6. The molecule has 2 heterocycles. The van der Waals surface area contributed by atoms with Crippen molar-refractivity contribution in [1.82, 2.24) is 20.0 Å². The lowest BCUT2D eigenvalue weighted by Crippen LogP contribution is -2.55. The van der Waals surface area contributed by atoms with Crippen molar-refractivity contribution in [2.24, 2.45) is 0 Å². The fourth-order valence-electron chi connectivity index (χ4n) is 5.19. The molecular formula is C27H38BF2N5O4. The Morgan fingerprint density at radius 3 is 2.56 bits per heavy atom. The highest BCUT2D eigenvalue weighted by atomic mass is 19.3. The monoisotopic (exact) mass is 545 g/mol. The zero-order valence-corrected chi connectivity index (χ0v) is 22.8. The second-order valence-electron chi connectivity index (χ2n) is 11.0. The second-order valence-corrected chi connectivity index (χ2v) is 11.0. The molecule has 39 heavy (non-hydrogen) atoms. The second kappa shape index (κ2) is 12.9. The van der Waals surface area contributed by atoms with Crippen molar-refractivity contribution in [2.75, 3.05) is 33.2 Å². The van der Waals surface area contributed by atoms with Crippen LogP contribution >= 0.6 is 0 Å². The van der Waals surface area contributed by atoms with E-state index in [-0.39, 0.29) is 37.5 Å². The van der Waals surface area contributed by atoms with Crippen LogP contribution in [0.15, 0.2) is 42.0 Å². The van der Waals surface area contributed by atoms with Gasteiger partial charge in [-0.1, -0.05) is 30.3 Å². The van der Waals surface area contributed by atoms with Crippen LogP contribution in [0.2, 0.25) is 0 Å². The number of likely N-dealkylation sites (tertiary alicyclic amines) is 2. The highest BCUT2D eigenvalue weighted by Crippen LogP contribution is 2.33. The Balaban J connectivity index is 1.68. The Bertz CT molecular complexity index is 1080. The van der Waals surface area contributed by atoms with Gasteiger partial charge in [0, 0.05) is 44.7 Å². The molecule has 2 saturated heterocycles. The predicted octanol–water partition coefficient (Wildman–Crippen LogP) is 2.20. The molecule has 0 aliphatic carbocycles. The van der Waals surface area contributed by atoms with Crippen LogP contribution in [0.4, 0.5) is 13.6 Å². The van der Waals surface area contributed by atoms with Crippen LogP contribution in [0, 0.1) is 11.3 Å². The summed E-state index contributed by atoms with van der Waals surface area (Å²) in [6, 6.07) is 10.2. The van der Waals surface area contributed by atoms with E-state index >= 15 is 0 Å². The molecule has 9 nitrogen and oxygen atoms in total. The van der Waals surface area contributed by atoms with Gasteiger partial charge in [-0.3, -0.25) is 9.69 Å². The maximum Gasteiger partial charge on any atom is 0.475 e. The molecule has 2 aliphatic heterocycles. The smallest absolute Gasteiger partial charge is 0.426 e. The van der Waals surface area contributed by atoms with Crippen molar-refractivity contribution < 1.29 is 28.4 Å². The number of carbonyl (C=O) groups is 2. The summed E-state index contributed by atoms with van der Waals surface area (Å²) in [7, 11) is -0.203. The van der Waals surface area contributed by atoms with Gasteiger partial charge in [0.05, 0.1) is 12.5 Å². The molecule has 2 atom stereocenters. The van der Waals surface area contributed by atoms with Gasteiger partial charge in [-0.05, 0) is 51.2 Å². The first kappa shape index (κ1) is 30.5. The van der Waals surface area contributed by atoms with Gasteiger partial charge in [-0.15, -0.1) is 0 Å². The van der Waals surface area contributed by atoms with E-state index in [9.17, 15) is 33.7 Å². The summed E-state index contributed by atoms with van der Waals surface area (Å²) in [6.45, 7) is 3.76. The summed E-state index contributed by atoms with van der Waals surface area (Å²) in [5.74, 6) is -4.21. The number of nitrogens with zero attached hydrogens (tertiary/aromatic N) is 4. The fourth-order valence-corrected chi connectivity index (χ4v) is 5.19. The van der Waals surface area contributed by atoms with Crippen LogP contribution in [0.5, 0.6) is 0 Å². The van der Waals surface area contributed by atoms with Crippen LogP contribution in [-0.4, -0.2) is 100 Å². The summed E-state index contributed by atoms with van der Waals surface area (Å²) in [5, 5.41) is 32.1. The van der Waals surface area contributed by atoms with Crippen LogP contribution in [0.25, 0.3) is 0 Å². The molecule has 3 amide bonds. The van der Waals surface area contributed by atoms with Gasteiger partial charge in [0.2, 0.25) is 0 Å². The largest absolute Gasteiger partial charge is 0.475 e. The maximum atomic E-state index is 13.8. The number of urea groups is 1. The van der Waals surface area contributed by atoms with E-state index < -0.39 is 43.0 Å². The lowest BCUT2D eigenvalue weighted by molar-refractivity contribution is -0.130. The molecule has 0 radical (unpaired) electrons. The van der Waals surface area contributed by atoms with Crippen molar-refractivity contribution in [3.05, 3.63) is 47.5 Å². The van der Waals surface area contributed by atoms with Crippen molar-refractivity contribution in [2.45, 2.75) is 69.4 Å². The van der Waals surface area contributed by atoms with Crippen molar-refractivity contribution in [1.29, 1.82) is 5.26 Å². The Labute approximate surface area is 229 Å². The van der Waals surface area contributed by atoms with E-state index in [1.165, 1.54) is 11.0 Å². The Hall–Kier alpha value is -3.01. The molecule has 12 heteroatoms. The third-order valence-electron chi connectivity index (χ3n) is 7.52. The minimum atomic E-state index is -2.79. The predicted molar refractivity (Wildman–Crippen MR) is 144 cm³/mol. The first-order valence-corrected chi connectivity index (χ1v) is 13.3. The number of amides is 3. The van der Waals surface area contributed by atoms with Gasteiger partial charge >= 0.3 is 13.1 Å². The Morgan fingerprint density at radius 2 is 1.97 bits per heavy atom. The molecule has 3 N–H and O–H groups in total. The van der Waals surface area contributed by atoms with Gasteiger partial charge in [0.15, 0.2) is 0 Å². The number of nitriles is 1. The summed E-state index contributed by atoms with van der Waals surface area (Å²) in [5.41, 5.74) is -0.193. The highest BCUT2D eigenvalue weighted by molar-refractivity contribution is 6.43. The van der Waals surface area contributed by atoms with Gasteiger partial charge in [-0.2, -0.15) is 5.26 Å². The molecule has 2 fully saturated rings. The molecular weight excluding hydrogens is 507 g/mol. The summed E-state index contributed by atoms with van der Waals surface area (Å²) in [6.07, 6.45) is 3.64. The highest BCUT2D eigenvalue weighted by Gasteiger charge is 2.43. The minimum absolute atomic E-state index is 0.111. The molecule has 212 valence electrons. The van der Waals surface area contributed by atoms with Crippen molar-refractivity contribution in [3.8, 4) is 6.07 Å². The van der Waals surface area contributed by atoms with Crippen LogP contribution in [0.3, 0.4) is 0 Å². The topological polar surface area (TPSA) is 120 Å². The third kappa shape index (κ3) is 8.24. The molecule has 3 rings (SSSR count). The van der Waals surface area contributed by atoms with Crippen LogP contribution in [-0.2, 0) is 11.2 Å². The number of halogens is 2. The molecule has 0 spiro atoms. The first-order chi connectivity index (χ1) is 18.3. The van der Waals surface area contributed by atoms with Gasteiger partial charge in [0.1, 0.15) is 11.6 Å². The number of carbonyl (C=O) groups excluding carboxylic acids is 2.